The van der Waals surface area contributed by atoms with Gasteiger partial charge in [-0.3, -0.25) is 0 Å². The maximum atomic E-state index is 4.54. The molecule has 0 saturated carbocycles. The molecule has 1 N–H and O–H groups in total. The molecule has 1 saturated heterocycles. The highest BCUT2D eigenvalue weighted by molar-refractivity contribution is 9.10. The van der Waals surface area contributed by atoms with Gasteiger partial charge in [0.15, 0.2) is 0 Å². The van der Waals surface area contributed by atoms with Gasteiger partial charge < -0.3 is 5.32 Å². The van der Waals surface area contributed by atoms with E-state index < -0.39 is 0 Å². The van der Waals surface area contributed by atoms with Crippen LogP contribution in [0.15, 0.2) is 10.7 Å². The number of thioether (sulfide) groups is 1. The van der Waals surface area contributed by atoms with Gasteiger partial charge in [0.25, 0.3) is 0 Å². The zero-order chi connectivity index (χ0) is 12.3. The van der Waals surface area contributed by atoms with E-state index in [-0.39, 0.29) is 0 Å². The molecule has 0 spiro atoms. The molecule has 1 aliphatic rings. The number of nitrogens with one attached hydrogen (secondary N) is 1. The van der Waals surface area contributed by atoms with Crippen molar-refractivity contribution in [2.24, 2.45) is 5.92 Å². The largest absolute Gasteiger partial charge is 0.370 e. The Morgan fingerprint density at radius 2 is 2.35 bits per heavy atom. The molecule has 17 heavy (non-hydrogen) atoms. The highest BCUT2D eigenvalue weighted by Gasteiger charge is 2.15. The molecule has 2 heterocycles. The molecule has 3 nitrogen and oxygen atoms in total. The summed E-state index contributed by atoms with van der Waals surface area (Å²) in [6.07, 6.45) is 1.32. The van der Waals surface area contributed by atoms with E-state index in [1.165, 1.54) is 17.9 Å². The van der Waals surface area contributed by atoms with Crippen LogP contribution in [-0.4, -0.2) is 28.0 Å². The van der Waals surface area contributed by atoms with Crippen molar-refractivity contribution in [2.45, 2.75) is 26.2 Å². The van der Waals surface area contributed by atoms with Gasteiger partial charge in [0.1, 0.15) is 16.2 Å². The Bertz CT molecular complexity index is 378. The van der Waals surface area contributed by atoms with Crippen LogP contribution >= 0.6 is 27.7 Å². The first-order chi connectivity index (χ1) is 8.15. The molecule has 0 aliphatic carbocycles. The highest BCUT2D eigenvalue weighted by atomic mass is 79.9. The van der Waals surface area contributed by atoms with Crippen LogP contribution in [0.5, 0.6) is 0 Å². The Hall–Kier alpha value is -0.290. The first-order valence-electron chi connectivity index (χ1n) is 6.01. The zero-order valence-electron chi connectivity index (χ0n) is 10.2. The van der Waals surface area contributed by atoms with Crippen molar-refractivity contribution in [3.8, 4) is 0 Å². The topological polar surface area (TPSA) is 37.8 Å². The number of rotatable bonds is 4. The van der Waals surface area contributed by atoms with E-state index in [9.17, 15) is 0 Å². The van der Waals surface area contributed by atoms with Crippen molar-refractivity contribution in [1.29, 1.82) is 0 Å². The van der Waals surface area contributed by atoms with Gasteiger partial charge in [-0.2, -0.15) is 11.8 Å². The number of hydrogen-bond donors (Lipinski definition) is 1. The quantitative estimate of drug-likeness (QED) is 0.863. The smallest absolute Gasteiger partial charge is 0.134 e. The van der Waals surface area contributed by atoms with Crippen molar-refractivity contribution in [2.75, 3.05) is 23.4 Å². The van der Waals surface area contributed by atoms with Crippen LogP contribution in [0.25, 0.3) is 0 Å². The second-order valence-electron chi connectivity index (χ2n) is 4.70. The highest BCUT2D eigenvalue weighted by Crippen LogP contribution is 2.24. The molecule has 0 bridgehead atoms. The lowest BCUT2D eigenvalue weighted by Gasteiger charge is -2.12. The monoisotopic (exact) mass is 315 g/mol. The summed E-state index contributed by atoms with van der Waals surface area (Å²) in [5, 5.41) is 3.43. The standard InChI is InChI=1S/C12H18BrN3S/c1-8(2)12-15-10(13)5-11(16-12)14-6-9-3-4-17-7-9/h5,8-9H,3-4,6-7H2,1-2H3,(H,14,15,16). The third-order valence-corrected chi connectivity index (χ3v) is 4.46. The first kappa shape index (κ1) is 13.1. The van der Waals surface area contributed by atoms with Crippen LogP contribution in [-0.2, 0) is 0 Å². The third kappa shape index (κ3) is 3.85. The molecule has 0 radical (unpaired) electrons. The Morgan fingerprint density at radius 3 is 3.00 bits per heavy atom. The van der Waals surface area contributed by atoms with Gasteiger partial charge in [-0.15, -0.1) is 0 Å². The normalized spacial score (nSPS) is 19.9. The molecule has 2 rings (SSSR count). The third-order valence-electron chi connectivity index (χ3n) is 2.82. The van der Waals surface area contributed by atoms with Crippen LogP contribution < -0.4 is 5.32 Å². The molecule has 1 aromatic rings. The number of nitrogens with zero attached hydrogens (tertiary/aromatic N) is 2. The molecule has 0 amide bonds. The fourth-order valence-corrected chi connectivity index (χ4v) is 3.46. The SMILES string of the molecule is CC(C)c1nc(Br)cc(NCC2CCSC2)n1. The Labute approximate surface area is 115 Å². The predicted octanol–water partition coefficient (Wildman–Crippen LogP) is 3.53. The average Bonchev–Trinajstić information content (AvgIpc) is 2.78. The summed E-state index contributed by atoms with van der Waals surface area (Å²) in [6, 6.07) is 1.95. The summed E-state index contributed by atoms with van der Waals surface area (Å²) in [7, 11) is 0. The lowest BCUT2D eigenvalue weighted by atomic mass is 10.1. The molecule has 1 aliphatic heterocycles. The summed E-state index contributed by atoms with van der Waals surface area (Å²) >= 11 is 5.49. The molecular formula is C12H18BrN3S. The molecular weight excluding hydrogens is 298 g/mol. The second kappa shape index (κ2) is 6.05. The van der Waals surface area contributed by atoms with Gasteiger partial charge in [-0.25, -0.2) is 9.97 Å². The summed E-state index contributed by atoms with van der Waals surface area (Å²) < 4.78 is 0.861. The van der Waals surface area contributed by atoms with Crippen molar-refractivity contribution in [3.63, 3.8) is 0 Å². The Morgan fingerprint density at radius 1 is 1.53 bits per heavy atom. The van der Waals surface area contributed by atoms with E-state index in [0.717, 1.165) is 28.7 Å². The minimum absolute atomic E-state index is 0.357. The maximum Gasteiger partial charge on any atom is 0.134 e. The minimum atomic E-state index is 0.357. The fraction of sp³-hybridized carbons (Fsp3) is 0.667. The van der Waals surface area contributed by atoms with E-state index in [4.69, 9.17) is 0 Å². The van der Waals surface area contributed by atoms with Crippen molar-refractivity contribution in [3.05, 3.63) is 16.5 Å². The first-order valence-corrected chi connectivity index (χ1v) is 7.96. The lowest BCUT2D eigenvalue weighted by molar-refractivity contribution is 0.629. The summed E-state index contributed by atoms with van der Waals surface area (Å²) in [5.41, 5.74) is 0. The summed E-state index contributed by atoms with van der Waals surface area (Å²) in [4.78, 5) is 8.91. The van der Waals surface area contributed by atoms with Crippen LogP contribution in [0.1, 0.15) is 32.0 Å². The van der Waals surface area contributed by atoms with Gasteiger partial charge in [0.2, 0.25) is 0 Å². The molecule has 1 fully saturated rings. The van der Waals surface area contributed by atoms with E-state index in [0.29, 0.717) is 5.92 Å². The maximum absolute atomic E-state index is 4.54. The van der Waals surface area contributed by atoms with Gasteiger partial charge >= 0.3 is 0 Å². The van der Waals surface area contributed by atoms with Crippen LogP contribution in [0.3, 0.4) is 0 Å². The van der Waals surface area contributed by atoms with E-state index >= 15 is 0 Å². The molecule has 94 valence electrons. The second-order valence-corrected chi connectivity index (χ2v) is 6.66. The molecule has 1 atom stereocenters. The molecule has 1 unspecified atom stereocenters. The number of anilines is 1. The molecule has 5 heteroatoms. The molecule has 0 aromatic carbocycles. The summed E-state index contributed by atoms with van der Waals surface area (Å²) in [6.45, 7) is 5.24. The van der Waals surface area contributed by atoms with E-state index in [1.54, 1.807) is 0 Å². The van der Waals surface area contributed by atoms with Gasteiger partial charge in [-0.05, 0) is 39.8 Å². The zero-order valence-corrected chi connectivity index (χ0v) is 12.6. The van der Waals surface area contributed by atoms with Crippen LogP contribution in [0, 0.1) is 5.92 Å². The minimum Gasteiger partial charge on any atom is -0.370 e. The average molecular weight is 316 g/mol. The van der Waals surface area contributed by atoms with Crippen LogP contribution in [0.4, 0.5) is 5.82 Å². The number of halogens is 1. The summed E-state index contributed by atoms with van der Waals surface area (Å²) in [5.74, 6) is 5.55. The Kier molecular flexibility index (Phi) is 4.68. The van der Waals surface area contributed by atoms with Gasteiger partial charge in [-0.1, -0.05) is 13.8 Å². The van der Waals surface area contributed by atoms with Crippen molar-refractivity contribution < 1.29 is 0 Å². The van der Waals surface area contributed by atoms with Crippen molar-refractivity contribution >= 4 is 33.5 Å². The predicted molar refractivity (Wildman–Crippen MR) is 77.7 cm³/mol. The van der Waals surface area contributed by atoms with E-state index in [1.807, 2.05) is 17.8 Å². The van der Waals surface area contributed by atoms with Crippen LogP contribution in [0.2, 0.25) is 0 Å². The fourth-order valence-electron chi connectivity index (χ4n) is 1.78. The van der Waals surface area contributed by atoms with Crippen molar-refractivity contribution in [1.82, 2.24) is 9.97 Å². The van der Waals surface area contributed by atoms with Gasteiger partial charge in [0, 0.05) is 18.5 Å². The number of aromatic nitrogens is 2. The molecule has 1 aromatic heterocycles. The Balaban J connectivity index is 1.99. The lowest BCUT2D eigenvalue weighted by Crippen LogP contribution is -2.15. The van der Waals surface area contributed by atoms with E-state index in [2.05, 4.69) is 45.1 Å². The van der Waals surface area contributed by atoms with Gasteiger partial charge in [0.05, 0.1) is 0 Å². The number of hydrogen-bond acceptors (Lipinski definition) is 4.